The van der Waals surface area contributed by atoms with Gasteiger partial charge in [0.15, 0.2) is 5.78 Å². The quantitative estimate of drug-likeness (QED) is 0.388. The summed E-state index contributed by atoms with van der Waals surface area (Å²) in [5.41, 5.74) is 1.78. The van der Waals surface area contributed by atoms with E-state index in [0.717, 1.165) is 41.6 Å². The molecule has 1 unspecified atom stereocenters. The molecule has 0 amide bonds. The van der Waals surface area contributed by atoms with Crippen LogP contribution in [0.5, 0.6) is 0 Å². The van der Waals surface area contributed by atoms with Crippen LogP contribution in [0.25, 0.3) is 0 Å². The highest BCUT2D eigenvalue weighted by atomic mass is 16.1. The third kappa shape index (κ3) is 4.67. The second-order valence-electron chi connectivity index (χ2n) is 7.85. The van der Waals surface area contributed by atoms with Gasteiger partial charge in [0.05, 0.1) is 25.7 Å². The van der Waals surface area contributed by atoms with Gasteiger partial charge in [0.25, 0.3) is 0 Å². The Morgan fingerprint density at radius 3 is 2.55 bits per heavy atom. The molecule has 124 valence electrons. The summed E-state index contributed by atoms with van der Waals surface area (Å²) in [7, 11) is 2.25. The SMILES string of the molecule is CC=CC(=CCC)C(=O)C1=C[N+](C)(CC(C)C)CCC1(C)C. The number of ketones is 1. The minimum Gasteiger partial charge on any atom is -0.299 e. The highest BCUT2D eigenvalue weighted by Gasteiger charge is 2.40. The van der Waals surface area contributed by atoms with Crippen LogP contribution in [-0.4, -0.2) is 30.4 Å². The van der Waals surface area contributed by atoms with Crippen LogP contribution in [0.15, 0.2) is 35.6 Å². The van der Waals surface area contributed by atoms with E-state index in [-0.39, 0.29) is 11.2 Å². The van der Waals surface area contributed by atoms with Crippen LogP contribution >= 0.6 is 0 Å². The fourth-order valence-corrected chi connectivity index (χ4v) is 3.36. The largest absolute Gasteiger partial charge is 0.299 e. The molecule has 1 aliphatic heterocycles. The molecule has 0 saturated heterocycles. The monoisotopic (exact) mass is 304 g/mol. The van der Waals surface area contributed by atoms with Crippen LogP contribution in [0, 0.1) is 11.3 Å². The average Bonchev–Trinajstić information content (AvgIpc) is 2.40. The molecule has 0 spiro atoms. The van der Waals surface area contributed by atoms with Gasteiger partial charge in [-0.1, -0.05) is 52.8 Å². The van der Waals surface area contributed by atoms with E-state index >= 15 is 0 Å². The van der Waals surface area contributed by atoms with Gasteiger partial charge in [-0.25, -0.2) is 0 Å². The van der Waals surface area contributed by atoms with Crippen LogP contribution in [0.2, 0.25) is 0 Å². The number of nitrogens with zero attached hydrogens (tertiary/aromatic N) is 1. The van der Waals surface area contributed by atoms with E-state index in [0.29, 0.717) is 5.92 Å². The Balaban J connectivity index is 3.25. The molecule has 2 nitrogen and oxygen atoms in total. The molecule has 1 rings (SSSR count). The molecule has 0 radical (unpaired) electrons. The Bertz CT molecular complexity index is 494. The number of rotatable bonds is 6. The van der Waals surface area contributed by atoms with Crippen molar-refractivity contribution >= 4 is 5.78 Å². The van der Waals surface area contributed by atoms with Crippen molar-refractivity contribution in [3.63, 3.8) is 0 Å². The zero-order chi connectivity index (χ0) is 17.0. The van der Waals surface area contributed by atoms with E-state index in [1.165, 1.54) is 0 Å². The molecule has 0 N–H and O–H groups in total. The van der Waals surface area contributed by atoms with Gasteiger partial charge in [0.1, 0.15) is 6.20 Å². The van der Waals surface area contributed by atoms with E-state index < -0.39 is 0 Å². The Hall–Kier alpha value is -1.15. The molecule has 1 aliphatic rings. The van der Waals surface area contributed by atoms with Crippen LogP contribution in [-0.2, 0) is 4.79 Å². The fraction of sp³-hybridized carbons (Fsp3) is 0.650. The van der Waals surface area contributed by atoms with E-state index in [4.69, 9.17) is 0 Å². The van der Waals surface area contributed by atoms with Crippen molar-refractivity contribution in [1.29, 1.82) is 0 Å². The average molecular weight is 304 g/mol. The lowest BCUT2D eigenvalue weighted by Gasteiger charge is -2.42. The van der Waals surface area contributed by atoms with Crippen molar-refractivity contribution in [3.8, 4) is 0 Å². The van der Waals surface area contributed by atoms with Gasteiger partial charge in [0.2, 0.25) is 0 Å². The van der Waals surface area contributed by atoms with Gasteiger partial charge in [0, 0.05) is 23.3 Å². The van der Waals surface area contributed by atoms with Gasteiger partial charge < -0.3 is 0 Å². The maximum Gasteiger partial charge on any atom is 0.194 e. The van der Waals surface area contributed by atoms with Crippen molar-refractivity contribution in [2.24, 2.45) is 11.3 Å². The smallest absolute Gasteiger partial charge is 0.194 e. The summed E-state index contributed by atoms with van der Waals surface area (Å²) in [4.78, 5) is 13.1. The van der Waals surface area contributed by atoms with Gasteiger partial charge in [-0.05, 0) is 13.3 Å². The summed E-state index contributed by atoms with van der Waals surface area (Å²) in [5.74, 6) is 0.831. The molecule has 22 heavy (non-hydrogen) atoms. The van der Waals surface area contributed by atoms with Crippen LogP contribution in [0.3, 0.4) is 0 Å². The Morgan fingerprint density at radius 2 is 2.05 bits per heavy atom. The maximum atomic E-state index is 13.1. The highest BCUT2D eigenvalue weighted by molar-refractivity contribution is 6.10. The second kappa shape index (κ2) is 7.41. The first-order chi connectivity index (χ1) is 10.1. The normalized spacial score (nSPS) is 25.6. The zero-order valence-electron chi connectivity index (χ0n) is 15.6. The van der Waals surface area contributed by atoms with Crippen molar-refractivity contribution < 1.29 is 9.28 Å². The van der Waals surface area contributed by atoms with Crippen LogP contribution in [0.4, 0.5) is 0 Å². The summed E-state index contributed by atoms with van der Waals surface area (Å²) in [5, 5.41) is 0. The highest BCUT2D eigenvalue weighted by Crippen LogP contribution is 2.39. The lowest BCUT2D eigenvalue weighted by Crippen LogP contribution is -2.48. The molecule has 1 heterocycles. The topological polar surface area (TPSA) is 17.1 Å². The number of carbonyl (C=O) groups excluding carboxylic acids is 1. The van der Waals surface area contributed by atoms with Gasteiger partial charge >= 0.3 is 0 Å². The van der Waals surface area contributed by atoms with Gasteiger partial charge in [-0.2, -0.15) is 0 Å². The van der Waals surface area contributed by atoms with Crippen LogP contribution in [0.1, 0.15) is 54.4 Å². The predicted octanol–water partition coefficient (Wildman–Crippen LogP) is 4.88. The van der Waals surface area contributed by atoms with Crippen LogP contribution < -0.4 is 0 Å². The summed E-state index contributed by atoms with van der Waals surface area (Å²) >= 11 is 0. The Kier molecular flexibility index (Phi) is 6.37. The minimum absolute atomic E-state index is 0.0414. The van der Waals surface area contributed by atoms with Gasteiger partial charge in [-0.15, -0.1) is 0 Å². The summed E-state index contributed by atoms with van der Waals surface area (Å²) in [6.07, 6.45) is 10.1. The minimum atomic E-state index is -0.0414. The fourth-order valence-electron chi connectivity index (χ4n) is 3.36. The summed E-state index contributed by atoms with van der Waals surface area (Å²) < 4.78 is 0.872. The number of carbonyl (C=O) groups is 1. The summed E-state index contributed by atoms with van der Waals surface area (Å²) in [6.45, 7) is 15.2. The van der Waals surface area contributed by atoms with Gasteiger partial charge in [-0.3, -0.25) is 9.28 Å². The molecule has 0 aromatic rings. The number of quaternary nitrogens is 1. The first-order valence-electron chi connectivity index (χ1n) is 8.60. The number of Topliss-reactive ketones (excluding diaryl/α,β-unsaturated/α-hetero) is 1. The van der Waals surface area contributed by atoms with Crippen molar-refractivity contribution in [1.82, 2.24) is 0 Å². The maximum absolute atomic E-state index is 13.1. The summed E-state index contributed by atoms with van der Waals surface area (Å²) in [6, 6.07) is 0. The van der Waals surface area contributed by atoms with Crippen molar-refractivity contribution in [2.75, 3.05) is 20.1 Å². The second-order valence-corrected chi connectivity index (χ2v) is 7.85. The predicted molar refractivity (Wildman–Crippen MR) is 95.4 cm³/mol. The molecule has 2 heteroatoms. The molecular formula is C20H34NO+. The Labute approximate surface area is 137 Å². The molecule has 0 aromatic heterocycles. The zero-order valence-corrected chi connectivity index (χ0v) is 15.6. The number of hydrogen-bond donors (Lipinski definition) is 0. The molecule has 1 atom stereocenters. The molecule has 0 aliphatic carbocycles. The molecule has 0 bridgehead atoms. The van der Waals surface area contributed by atoms with E-state index in [2.05, 4.69) is 47.9 Å². The van der Waals surface area contributed by atoms with E-state index in [1.807, 2.05) is 25.2 Å². The third-order valence-corrected chi connectivity index (χ3v) is 4.48. The number of hydrogen-bond acceptors (Lipinski definition) is 1. The van der Waals surface area contributed by atoms with Crippen molar-refractivity contribution in [3.05, 3.63) is 35.6 Å². The number of allylic oxidation sites excluding steroid dienone is 5. The lowest BCUT2D eigenvalue weighted by atomic mass is 9.75. The van der Waals surface area contributed by atoms with E-state index in [1.54, 1.807) is 0 Å². The van der Waals surface area contributed by atoms with Crippen molar-refractivity contribution in [2.45, 2.75) is 54.4 Å². The first-order valence-corrected chi connectivity index (χ1v) is 8.60. The standard InChI is InChI=1S/C20H34NO/c1-8-10-17(11-9-2)19(22)18-15-21(7,14-16(3)4)13-12-20(18,5)6/h8,10-11,15-16H,9,12-14H2,1-7H3/q+1. The molecule has 0 fully saturated rings. The van der Waals surface area contributed by atoms with E-state index in [9.17, 15) is 4.79 Å². The lowest BCUT2D eigenvalue weighted by molar-refractivity contribution is -0.866. The molecular weight excluding hydrogens is 270 g/mol. The third-order valence-electron chi connectivity index (χ3n) is 4.48. The molecule has 0 saturated carbocycles. The molecule has 0 aromatic carbocycles. The first kappa shape index (κ1) is 18.9. The Morgan fingerprint density at radius 1 is 1.41 bits per heavy atom.